The van der Waals surface area contributed by atoms with Crippen molar-refractivity contribution in [3.63, 3.8) is 0 Å². The van der Waals surface area contributed by atoms with E-state index in [0.29, 0.717) is 18.8 Å². The number of carbonyl (C=O) groups excluding carboxylic acids is 1. The number of carbonyl (C=O) groups is 1. The summed E-state index contributed by atoms with van der Waals surface area (Å²) in [7, 11) is 0. The SMILES string of the molecule is CCOC(=O)C(C)Oc1ccc(CCO)cc1. The van der Waals surface area contributed by atoms with E-state index in [1.165, 1.54) is 0 Å². The van der Waals surface area contributed by atoms with Crippen LogP contribution in [0.15, 0.2) is 24.3 Å². The lowest BCUT2D eigenvalue weighted by atomic mass is 10.1. The van der Waals surface area contributed by atoms with Crippen molar-refractivity contribution in [1.82, 2.24) is 0 Å². The zero-order valence-corrected chi connectivity index (χ0v) is 10.2. The lowest BCUT2D eigenvalue weighted by Crippen LogP contribution is -2.26. The van der Waals surface area contributed by atoms with Gasteiger partial charge in [-0.1, -0.05) is 12.1 Å². The normalized spacial score (nSPS) is 11.9. The van der Waals surface area contributed by atoms with Crippen LogP contribution in [0.1, 0.15) is 19.4 Å². The number of aliphatic hydroxyl groups is 1. The molecule has 0 radical (unpaired) electrons. The molecule has 0 fully saturated rings. The van der Waals surface area contributed by atoms with Crippen LogP contribution in [0.25, 0.3) is 0 Å². The number of aliphatic hydroxyl groups excluding tert-OH is 1. The molecule has 0 amide bonds. The highest BCUT2D eigenvalue weighted by molar-refractivity contribution is 5.74. The molecule has 0 saturated heterocycles. The van der Waals surface area contributed by atoms with E-state index in [-0.39, 0.29) is 12.6 Å². The van der Waals surface area contributed by atoms with Crippen LogP contribution in [0.3, 0.4) is 0 Å². The third-order valence-electron chi connectivity index (χ3n) is 2.26. The zero-order valence-electron chi connectivity index (χ0n) is 10.2. The van der Waals surface area contributed by atoms with Crippen molar-refractivity contribution in [2.75, 3.05) is 13.2 Å². The summed E-state index contributed by atoms with van der Waals surface area (Å²) in [4.78, 5) is 11.3. The number of hydrogen-bond acceptors (Lipinski definition) is 4. The number of hydrogen-bond donors (Lipinski definition) is 1. The summed E-state index contributed by atoms with van der Waals surface area (Å²) in [5, 5.41) is 8.77. The molecule has 1 aromatic carbocycles. The molecule has 0 spiro atoms. The van der Waals surface area contributed by atoms with Gasteiger partial charge in [0.15, 0.2) is 6.10 Å². The monoisotopic (exact) mass is 238 g/mol. The lowest BCUT2D eigenvalue weighted by Gasteiger charge is -2.13. The van der Waals surface area contributed by atoms with Crippen molar-refractivity contribution in [3.05, 3.63) is 29.8 Å². The minimum absolute atomic E-state index is 0.124. The Morgan fingerprint density at radius 1 is 1.35 bits per heavy atom. The van der Waals surface area contributed by atoms with Crippen LogP contribution in [-0.4, -0.2) is 30.4 Å². The molecule has 1 aromatic rings. The van der Waals surface area contributed by atoms with Gasteiger partial charge in [-0.2, -0.15) is 0 Å². The zero-order chi connectivity index (χ0) is 12.7. The van der Waals surface area contributed by atoms with Gasteiger partial charge in [0.1, 0.15) is 5.75 Å². The Hall–Kier alpha value is -1.55. The Labute approximate surface area is 101 Å². The van der Waals surface area contributed by atoms with Gasteiger partial charge in [0.2, 0.25) is 0 Å². The van der Waals surface area contributed by atoms with E-state index < -0.39 is 6.10 Å². The fourth-order valence-electron chi connectivity index (χ4n) is 1.38. The highest BCUT2D eigenvalue weighted by atomic mass is 16.6. The molecule has 0 saturated carbocycles. The first-order valence-electron chi connectivity index (χ1n) is 5.70. The van der Waals surface area contributed by atoms with E-state index in [0.717, 1.165) is 5.56 Å². The second kappa shape index (κ2) is 6.91. The van der Waals surface area contributed by atoms with Gasteiger partial charge in [-0.05, 0) is 38.0 Å². The highest BCUT2D eigenvalue weighted by Crippen LogP contribution is 2.14. The molecule has 0 heterocycles. The molecule has 94 valence electrons. The number of esters is 1. The second-order valence-electron chi connectivity index (χ2n) is 3.63. The van der Waals surface area contributed by atoms with E-state index >= 15 is 0 Å². The summed E-state index contributed by atoms with van der Waals surface area (Å²) >= 11 is 0. The van der Waals surface area contributed by atoms with Gasteiger partial charge < -0.3 is 14.6 Å². The molecule has 0 aliphatic carbocycles. The Bertz CT molecular complexity index is 345. The van der Waals surface area contributed by atoms with Crippen LogP contribution < -0.4 is 4.74 Å². The van der Waals surface area contributed by atoms with E-state index in [9.17, 15) is 4.79 Å². The smallest absolute Gasteiger partial charge is 0.347 e. The molecular weight excluding hydrogens is 220 g/mol. The maximum Gasteiger partial charge on any atom is 0.347 e. The van der Waals surface area contributed by atoms with Crippen molar-refractivity contribution in [2.45, 2.75) is 26.4 Å². The number of rotatable bonds is 6. The van der Waals surface area contributed by atoms with E-state index in [1.807, 2.05) is 12.1 Å². The predicted octanol–water partition coefficient (Wildman–Crippen LogP) is 1.55. The average molecular weight is 238 g/mol. The Morgan fingerprint density at radius 2 is 2.00 bits per heavy atom. The second-order valence-corrected chi connectivity index (χ2v) is 3.63. The predicted molar refractivity (Wildman–Crippen MR) is 64.0 cm³/mol. The number of ether oxygens (including phenoxy) is 2. The summed E-state index contributed by atoms with van der Waals surface area (Å²) in [5.41, 5.74) is 1.03. The molecule has 1 rings (SSSR count). The van der Waals surface area contributed by atoms with Gasteiger partial charge in [0, 0.05) is 6.61 Å². The molecule has 4 heteroatoms. The lowest BCUT2D eigenvalue weighted by molar-refractivity contribution is -0.150. The van der Waals surface area contributed by atoms with Crippen molar-refractivity contribution < 1.29 is 19.4 Å². The fourth-order valence-corrected chi connectivity index (χ4v) is 1.38. The topological polar surface area (TPSA) is 55.8 Å². The maximum absolute atomic E-state index is 11.3. The van der Waals surface area contributed by atoms with Crippen LogP contribution in [-0.2, 0) is 16.0 Å². The van der Waals surface area contributed by atoms with E-state index in [4.69, 9.17) is 14.6 Å². The molecule has 4 nitrogen and oxygen atoms in total. The molecule has 17 heavy (non-hydrogen) atoms. The molecule has 1 unspecified atom stereocenters. The number of benzene rings is 1. The van der Waals surface area contributed by atoms with Crippen LogP contribution in [0.5, 0.6) is 5.75 Å². The molecule has 1 atom stereocenters. The maximum atomic E-state index is 11.3. The summed E-state index contributed by atoms with van der Waals surface area (Å²) in [6.07, 6.45) is 0.00639. The van der Waals surface area contributed by atoms with Gasteiger partial charge in [-0.25, -0.2) is 4.79 Å². The highest BCUT2D eigenvalue weighted by Gasteiger charge is 2.15. The van der Waals surface area contributed by atoms with Gasteiger partial charge in [-0.3, -0.25) is 0 Å². The Balaban J connectivity index is 2.53. The first kappa shape index (κ1) is 13.5. The first-order chi connectivity index (χ1) is 8.17. The molecule has 1 N–H and O–H groups in total. The van der Waals surface area contributed by atoms with Crippen LogP contribution >= 0.6 is 0 Å². The average Bonchev–Trinajstić information content (AvgIpc) is 2.32. The third kappa shape index (κ3) is 4.44. The Morgan fingerprint density at radius 3 is 2.53 bits per heavy atom. The summed E-state index contributed by atoms with van der Waals surface area (Å²) in [6, 6.07) is 7.29. The standard InChI is InChI=1S/C13H18O4/c1-3-16-13(15)10(2)17-12-6-4-11(5-7-12)8-9-14/h4-7,10,14H,3,8-9H2,1-2H3. The van der Waals surface area contributed by atoms with E-state index in [2.05, 4.69) is 0 Å². The molecule has 0 bridgehead atoms. The van der Waals surface area contributed by atoms with Gasteiger partial charge in [-0.15, -0.1) is 0 Å². The van der Waals surface area contributed by atoms with Gasteiger partial charge >= 0.3 is 5.97 Å². The van der Waals surface area contributed by atoms with Gasteiger partial charge in [0.25, 0.3) is 0 Å². The fraction of sp³-hybridized carbons (Fsp3) is 0.462. The molecule has 0 aliphatic heterocycles. The van der Waals surface area contributed by atoms with Crippen LogP contribution in [0, 0.1) is 0 Å². The molecule has 0 aliphatic rings. The van der Waals surface area contributed by atoms with Crippen molar-refractivity contribution in [3.8, 4) is 5.75 Å². The van der Waals surface area contributed by atoms with Crippen molar-refractivity contribution in [1.29, 1.82) is 0 Å². The molecule has 0 aromatic heterocycles. The minimum atomic E-state index is -0.612. The van der Waals surface area contributed by atoms with E-state index in [1.54, 1.807) is 26.0 Å². The van der Waals surface area contributed by atoms with Crippen molar-refractivity contribution >= 4 is 5.97 Å². The quantitative estimate of drug-likeness (QED) is 0.764. The molecular formula is C13H18O4. The first-order valence-corrected chi connectivity index (χ1v) is 5.70. The van der Waals surface area contributed by atoms with Gasteiger partial charge in [0.05, 0.1) is 6.61 Å². The van der Waals surface area contributed by atoms with Crippen molar-refractivity contribution in [2.24, 2.45) is 0 Å². The Kier molecular flexibility index (Phi) is 5.49. The van der Waals surface area contributed by atoms with Crippen LogP contribution in [0.4, 0.5) is 0 Å². The van der Waals surface area contributed by atoms with Crippen LogP contribution in [0.2, 0.25) is 0 Å². The minimum Gasteiger partial charge on any atom is -0.479 e. The summed E-state index contributed by atoms with van der Waals surface area (Å²) in [6.45, 7) is 3.88. The summed E-state index contributed by atoms with van der Waals surface area (Å²) < 4.78 is 10.3. The largest absolute Gasteiger partial charge is 0.479 e. The summed E-state index contributed by atoms with van der Waals surface area (Å²) in [5.74, 6) is 0.249. The third-order valence-corrected chi connectivity index (χ3v) is 2.26.